The first-order valence-corrected chi connectivity index (χ1v) is 8.21. The molecule has 0 radical (unpaired) electrons. The number of carbonyl (C=O) groups excluding carboxylic acids is 1. The Morgan fingerprint density at radius 1 is 1.29 bits per heavy atom. The summed E-state index contributed by atoms with van der Waals surface area (Å²) in [5, 5.41) is 12.2. The molecule has 0 aromatic rings. The smallest absolute Gasteiger partial charge is 0.326 e. The Hall–Kier alpha value is -1.26. The molecule has 1 aliphatic carbocycles. The molecule has 5 nitrogen and oxygen atoms in total. The SMILES string of the molecule is CC(C)CC1(CNC(=O)N2CCCC2C(=O)O)CCCC1. The largest absolute Gasteiger partial charge is 0.480 e. The van der Waals surface area contributed by atoms with Crippen molar-refractivity contribution in [3.8, 4) is 0 Å². The number of nitrogens with zero attached hydrogens (tertiary/aromatic N) is 1. The molecular formula is C16H28N2O3. The lowest BCUT2D eigenvalue weighted by molar-refractivity contribution is -0.141. The van der Waals surface area contributed by atoms with Crippen LogP contribution in [-0.2, 0) is 4.79 Å². The average molecular weight is 296 g/mol. The lowest BCUT2D eigenvalue weighted by Gasteiger charge is -2.32. The highest BCUT2D eigenvalue weighted by Gasteiger charge is 2.37. The van der Waals surface area contributed by atoms with E-state index in [-0.39, 0.29) is 11.4 Å². The Morgan fingerprint density at radius 3 is 2.52 bits per heavy atom. The molecule has 120 valence electrons. The first-order valence-electron chi connectivity index (χ1n) is 8.21. The number of aliphatic carboxylic acids is 1. The van der Waals surface area contributed by atoms with Gasteiger partial charge in [-0.25, -0.2) is 9.59 Å². The maximum Gasteiger partial charge on any atom is 0.326 e. The van der Waals surface area contributed by atoms with Crippen molar-refractivity contribution in [3.63, 3.8) is 0 Å². The van der Waals surface area contributed by atoms with E-state index in [1.54, 1.807) is 0 Å². The van der Waals surface area contributed by atoms with Crippen LogP contribution in [0.15, 0.2) is 0 Å². The molecule has 2 rings (SSSR count). The van der Waals surface area contributed by atoms with E-state index in [0.717, 1.165) is 12.8 Å². The Balaban J connectivity index is 1.91. The van der Waals surface area contributed by atoms with Gasteiger partial charge in [0.1, 0.15) is 6.04 Å². The van der Waals surface area contributed by atoms with Crippen LogP contribution in [0.2, 0.25) is 0 Å². The molecule has 2 amide bonds. The maximum absolute atomic E-state index is 12.3. The molecule has 1 saturated heterocycles. The number of rotatable bonds is 5. The van der Waals surface area contributed by atoms with Gasteiger partial charge in [-0.3, -0.25) is 0 Å². The molecule has 0 spiro atoms. The minimum Gasteiger partial charge on any atom is -0.480 e. The summed E-state index contributed by atoms with van der Waals surface area (Å²) in [5.41, 5.74) is 0.224. The zero-order valence-electron chi connectivity index (χ0n) is 13.2. The number of amides is 2. The third kappa shape index (κ3) is 3.89. The molecule has 1 saturated carbocycles. The van der Waals surface area contributed by atoms with E-state index in [2.05, 4.69) is 19.2 Å². The lowest BCUT2D eigenvalue weighted by atomic mass is 9.78. The minimum absolute atomic E-state index is 0.199. The fraction of sp³-hybridized carbons (Fsp3) is 0.875. The van der Waals surface area contributed by atoms with Gasteiger partial charge in [0.05, 0.1) is 0 Å². The van der Waals surface area contributed by atoms with Gasteiger partial charge in [-0.1, -0.05) is 26.7 Å². The molecule has 1 unspecified atom stereocenters. The molecule has 21 heavy (non-hydrogen) atoms. The van der Waals surface area contributed by atoms with Gasteiger partial charge in [0.2, 0.25) is 0 Å². The zero-order chi connectivity index (χ0) is 15.5. The Morgan fingerprint density at radius 2 is 1.95 bits per heavy atom. The van der Waals surface area contributed by atoms with Crippen molar-refractivity contribution in [2.75, 3.05) is 13.1 Å². The van der Waals surface area contributed by atoms with E-state index in [1.165, 1.54) is 30.6 Å². The summed E-state index contributed by atoms with van der Waals surface area (Å²) in [6.07, 6.45) is 7.31. The van der Waals surface area contributed by atoms with E-state index in [1.807, 2.05) is 0 Å². The van der Waals surface area contributed by atoms with Crippen LogP contribution in [0.5, 0.6) is 0 Å². The van der Waals surface area contributed by atoms with Gasteiger partial charge in [0, 0.05) is 13.1 Å². The number of carbonyl (C=O) groups is 2. The van der Waals surface area contributed by atoms with Crippen molar-refractivity contribution < 1.29 is 14.7 Å². The molecule has 0 aromatic heterocycles. The summed E-state index contributed by atoms with van der Waals surface area (Å²) in [5.74, 6) is -0.265. The average Bonchev–Trinajstić information content (AvgIpc) is 3.04. The molecule has 0 bridgehead atoms. The van der Waals surface area contributed by atoms with Crippen LogP contribution in [0.3, 0.4) is 0 Å². The molecular weight excluding hydrogens is 268 g/mol. The Labute approximate surface area is 127 Å². The number of carboxylic acid groups (broad SMARTS) is 1. The highest BCUT2D eigenvalue weighted by molar-refractivity contribution is 5.83. The van der Waals surface area contributed by atoms with Gasteiger partial charge in [-0.05, 0) is 43.4 Å². The predicted octanol–water partition coefficient (Wildman–Crippen LogP) is 2.85. The lowest BCUT2D eigenvalue weighted by Crippen LogP contribution is -2.48. The number of likely N-dealkylation sites (tertiary alicyclic amines) is 1. The molecule has 1 aliphatic heterocycles. The summed E-state index contributed by atoms with van der Waals surface area (Å²) in [4.78, 5) is 24.9. The van der Waals surface area contributed by atoms with Gasteiger partial charge in [0.25, 0.3) is 0 Å². The second kappa shape index (κ2) is 6.67. The highest BCUT2D eigenvalue weighted by Crippen LogP contribution is 2.42. The van der Waals surface area contributed by atoms with E-state index < -0.39 is 12.0 Å². The van der Waals surface area contributed by atoms with Crippen molar-refractivity contribution in [3.05, 3.63) is 0 Å². The highest BCUT2D eigenvalue weighted by atomic mass is 16.4. The van der Waals surface area contributed by atoms with Gasteiger partial charge in [-0.15, -0.1) is 0 Å². The fourth-order valence-electron chi connectivity index (χ4n) is 4.08. The van der Waals surface area contributed by atoms with Gasteiger partial charge in [-0.2, -0.15) is 0 Å². The van der Waals surface area contributed by atoms with Crippen molar-refractivity contribution in [2.24, 2.45) is 11.3 Å². The third-order valence-corrected chi connectivity index (χ3v) is 4.92. The summed E-state index contributed by atoms with van der Waals surface area (Å²) < 4.78 is 0. The maximum atomic E-state index is 12.3. The van der Waals surface area contributed by atoms with Gasteiger partial charge < -0.3 is 15.3 Å². The Bertz CT molecular complexity index is 389. The number of carboxylic acids is 1. The van der Waals surface area contributed by atoms with Crippen molar-refractivity contribution in [1.82, 2.24) is 10.2 Å². The summed E-state index contributed by atoms with van der Waals surface area (Å²) in [6.45, 7) is 5.69. The van der Waals surface area contributed by atoms with Crippen LogP contribution in [0.25, 0.3) is 0 Å². The normalized spacial score (nSPS) is 24.5. The molecule has 1 heterocycles. The topological polar surface area (TPSA) is 69.6 Å². The van der Waals surface area contributed by atoms with Gasteiger partial charge >= 0.3 is 12.0 Å². The van der Waals surface area contributed by atoms with Crippen LogP contribution in [-0.4, -0.2) is 41.1 Å². The molecule has 2 fully saturated rings. The van der Waals surface area contributed by atoms with Crippen LogP contribution in [0.1, 0.15) is 58.8 Å². The minimum atomic E-state index is -0.889. The molecule has 2 N–H and O–H groups in total. The molecule has 2 aliphatic rings. The first kappa shape index (κ1) is 16.1. The number of urea groups is 1. The monoisotopic (exact) mass is 296 g/mol. The number of hydrogen-bond acceptors (Lipinski definition) is 2. The number of hydrogen-bond donors (Lipinski definition) is 2. The molecule has 5 heteroatoms. The standard InChI is InChI=1S/C16H28N2O3/c1-12(2)10-16(7-3-4-8-16)11-17-15(21)18-9-5-6-13(18)14(19)20/h12-13H,3-11H2,1-2H3,(H,17,21)(H,19,20). The van der Waals surface area contributed by atoms with Crippen molar-refractivity contribution >= 4 is 12.0 Å². The summed E-state index contributed by atoms with van der Waals surface area (Å²) in [6, 6.07) is -0.843. The molecule has 0 aromatic carbocycles. The predicted molar refractivity (Wildman–Crippen MR) is 81.1 cm³/mol. The molecule has 1 atom stereocenters. The quantitative estimate of drug-likeness (QED) is 0.819. The second-order valence-corrected chi connectivity index (χ2v) is 7.15. The van der Waals surface area contributed by atoms with Crippen LogP contribution in [0.4, 0.5) is 4.79 Å². The van der Waals surface area contributed by atoms with Crippen LogP contribution in [0, 0.1) is 11.3 Å². The number of nitrogens with one attached hydrogen (secondary N) is 1. The van der Waals surface area contributed by atoms with E-state index in [4.69, 9.17) is 5.11 Å². The van der Waals surface area contributed by atoms with Crippen LogP contribution >= 0.6 is 0 Å². The fourth-order valence-corrected chi connectivity index (χ4v) is 4.08. The second-order valence-electron chi connectivity index (χ2n) is 7.15. The van der Waals surface area contributed by atoms with Crippen molar-refractivity contribution in [1.29, 1.82) is 0 Å². The Kier molecular flexibility index (Phi) is 5.12. The van der Waals surface area contributed by atoms with Gasteiger partial charge in [0.15, 0.2) is 0 Å². The third-order valence-electron chi connectivity index (χ3n) is 4.92. The van der Waals surface area contributed by atoms with E-state index in [9.17, 15) is 9.59 Å². The van der Waals surface area contributed by atoms with Crippen molar-refractivity contribution in [2.45, 2.75) is 64.8 Å². The van der Waals surface area contributed by atoms with Crippen LogP contribution < -0.4 is 5.32 Å². The van der Waals surface area contributed by atoms with E-state index >= 15 is 0 Å². The summed E-state index contributed by atoms with van der Waals surface area (Å²) in [7, 11) is 0. The zero-order valence-corrected chi connectivity index (χ0v) is 13.2. The summed E-state index contributed by atoms with van der Waals surface area (Å²) >= 11 is 0. The first-order chi connectivity index (χ1) is 9.93. The van der Waals surface area contributed by atoms with E-state index in [0.29, 0.717) is 25.4 Å².